The number of aryl methyl sites for hydroxylation is 1. The van der Waals surface area contributed by atoms with Crippen LogP contribution in [0, 0.1) is 6.92 Å². The first-order chi connectivity index (χ1) is 4.83. The SMILES string of the molecule is Cc1ccc(CP=O)cc1. The molecule has 0 N–H and O–H groups in total. The van der Waals surface area contributed by atoms with Gasteiger partial charge in [-0.3, -0.25) is 4.57 Å². The fraction of sp³-hybridized carbons (Fsp3) is 0.250. The Balaban J connectivity index is 2.78. The zero-order chi connectivity index (χ0) is 7.40. The standard InChI is InChI=1S/C8H9OP/c1-7-2-4-8(5-3-7)6-10-9/h2-5H,6H2,1H3. The Kier molecular flexibility index (Phi) is 2.58. The fourth-order valence-corrected chi connectivity index (χ4v) is 1.13. The maximum atomic E-state index is 10.2. The zero-order valence-electron chi connectivity index (χ0n) is 5.87. The molecule has 0 bridgehead atoms. The largest absolute Gasteiger partial charge is 0.275 e. The topological polar surface area (TPSA) is 17.1 Å². The van der Waals surface area contributed by atoms with Gasteiger partial charge in [-0.05, 0) is 12.5 Å². The van der Waals surface area contributed by atoms with Crippen LogP contribution in [0.5, 0.6) is 0 Å². The Morgan fingerprint density at radius 3 is 2.40 bits per heavy atom. The second-order valence-corrected chi connectivity index (χ2v) is 2.85. The summed E-state index contributed by atoms with van der Waals surface area (Å²) in [7, 11) is 0.196. The van der Waals surface area contributed by atoms with Crippen molar-refractivity contribution in [1.29, 1.82) is 0 Å². The lowest BCUT2D eigenvalue weighted by Gasteiger charge is -1.93. The van der Waals surface area contributed by atoms with Gasteiger partial charge in [-0.25, -0.2) is 0 Å². The molecule has 10 heavy (non-hydrogen) atoms. The van der Waals surface area contributed by atoms with Crippen molar-refractivity contribution in [1.82, 2.24) is 0 Å². The van der Waals surface area contributed by atoms with Crippen LogP contribution in [0.15, 0.2) is 24.3 Å². The van der Waals surface area contributed by atoms with Crippen LogP contribution in [0.25, 0.3) is 0 Å². The number of benzene rings is 1. The second kappa shape index (κ2) is 3.48. The van der Waals surface area contributed by atoms with Gasteiger partial charge in [0.05, 0.1) is 6.16 Å². The molecule has 0 amide bonds. The molecule has 0 atom stereocenters. The normalized spacial score (nSPS) is 10.1. The van der Waals surface area contributed by atoms with E-state index in [1.54, 1.807) is 0 Å². The van der Waals surface area contributed by atoms with Crippen LogP contribution in [0.1, 0.15) is 11.1 Å². The van der Waals surface area contributed by atoms with Crippen LogP contribution in [0.3, 0.4) is 0 Å². The predicted molar refractivity (Wildman–Crippen MR) is 42.5 cm³/mol. The zero-order valence-corrected chi connectivity index (χ0v) is 6.77. The summed E-state index contributed by atoms with van der Waals surface area (Å²) in [4.78, 5) is 0. The molecule has 0 spiro atoms. The molecular weight excluding hydrogens is 143 g/mol. The lowest BCUT2D eigenvalue weighted by Crippen LogP contribution is -1.76. The average Bonchev–Trinajstić information content (AvgIpc) is 1.95. The summed E-state index contributed by atoms with van der Waals surface area (Å²) < 4.78 is 10.2. The molecule has 0 aromatic heterocycles. The minimum absolute atomic E-state index is 0.196. The Morgan fingerprint density at radius 2 is 1.90 bits per heavy atom. The average molecular weight is 152 g/mol. The molecule has 0 heterocycles. The molecule has 1 aromatic rings. The number of hydrogen-bond donors (Lipinski definition) is 0. The van der Waals surface area contributed by atoms with E-state index in [1.807, 2.05) is 31.2 Å². The first kappa shape index (κ1) is 7.43. The van der Waals surface area contributed by atoms with E-state index >= 15 is 0 Å². The lowest BCUT2D eigenvalue weighted by atomic mass is 10.2. The van der Waals surface area contributed by atoms with Crippen LogP contribution < -0.4 is 0 Å². The van der Waals surface area contributed by atoms with Crippen molar-refractivity contribution in [3.8, 4) is 0 Å². The molecule has 0 aliphatic heterocycles. The van der Waals surface area contributed by atoms with Gasteiger partial charge in [-0.2, -0.15) is 0 Å². The van der Waals surface area contributed by atoms with Gasteiger partial charge in [-0.1, -0.05) is 29.8 Å². The molecule has 0 aliphatic rings. The molecule has 0 unspecified atom stereocenters. The molecule has 52 valence electrons. The van der Waals surface area contributed by atoms with E-state index in [2.05, 4.69) is 0 Å². The maximum Gasteiger partial charge on any atom is 0.160 e. The van der Waals surface area contributed by atoms with Gasteiger partial charge in [0.2, 0.25) is 0 Å². The van der Waals surface area contributed by atoms with Gasteiger partial charge in [-0.15, -0.1) is 0 Å². The Hall–Kier alpha value is -0.680. The molecule has 0 saturated carbocycles. The van der Waals surface area contributed by atoms with E-state index in [0.29, 0.717) is 6.16 Å². The van der Waals surface area contributed by atoms with Crippen LogP contribution in [0.2, 0.25) is 0 Å². The minimum atomic E-state index is 0.196. The minimum Gasteiger partial charge on any atom is -0.275 e. The first-order valence-electron chi connectivity index (χ1n) is 3.17. The van der Waals surface area contributed by atoms with Crippen molar-refractivity contribution in [2.45, 2.75) is 13.1 Å². The van der Waals surface area contributed by atoms with E-state index in [4.69, 9.17) is 0 Å². The van der Waals surface area contributed by atoms with Crippen molar-refractivity contribution >= 4 is 8.46 Å². The highest BCUT2D eigenvalue weighted by molar-refractivity contribution is 7.22. The lowest BCUT2D eigenvalue weighted by molar-refractivity contribution is 0.598. The predicted octanol–water partition coefficient (Wildman–Crippen LogP) is 2.79. The van der Waals surface area contributed by atoms with Gasteiger partial charge in [0.1, 0.15) is 0 Å². The molecule has 1 rings (SSSR count). The third-order valence-corrected chi connectivity index (χ3v) is 1.86. The molecule has 0 aliphatic carbocycles. The summed E-state index contributed by atoms with van der Waals surface area (Å²) in [6.07, 6.45) is 0.625. The molecule has 0 radical (unpaired) electrons. The summed E-state index contributed by atoms with van der Waals surface area (Å²) in [6.45, 7) is 2.04. The van der Waals surface area contributed by atoms with Crippen molar-refractivity contribution in [3.05, 3.63) is 35.4 Å². The fourth-order valence-electron chi connectivity index (χ4n) is 0.768. The third kappa shape index (κ3) is 1.93. The summed E-state index contributed by atoms with van der Waals surface area (Å²) in [5, 5.41) is 0. The third-order valence-electron chi connectivity index (χ3n) is 1.37. The summed E-state index contributed by atoms with van der Waals surface area (Å²) in [5.41, 5.74) is 2.37. The maximum absolute atomic E-state index is 10.2. The highest BCUT2D eigenvalue weighted by Crippen LogP contribution is 2.09. The first-order valence-corrected chi connectivity index (χ1v) is 4.17. The molecule has 0 saturated heterocycles. The van der Waals surface area contributed by atoms with Gasteiger partial charge < -0.3 is 0 Å². The van der Waals surface area contributed by atoms with Gasteiger partial charge >= 0.3 is 0 Å². The second-order valence-electron chi connectivity index (χ2n) is 2.27. The van der Waals surface area contributed by atoms with E-state index < -0.39 is 0 Å². The van der Waals surface area contributed by atoms with E-state index in [9.17, 15) is 4.57 Å². The molecule has 0 fully saturated rings. The number of rotatable bonds is 2. The van der Waals surface area contributed by atoms with E-state index in [1.165, 1.54) is 5.56 Å². The van der Waals surface area contributed by atoms with Gasteiger partial charge in [0, 0.05) is 0 Å². The Morgan fingerprint density at radius 1 is 1.30 bits per heavy atom. The van der Waals surface area contributed by atoms with Gasteiger partial charge in [0.15, 0.2) is 8.46 Å². The van der Waals surface area contributed by atoms with E-state index in [-0.39, 0.29) is 8.46 Å². The molecule has 2 heteroatoms. The quantitative estimate of drug-likeness (QED) is 0.595. The molecule has 1 nitrogen and oxygen atoms in total. The van der Waals surface area contributed by atoms with Crippen molar-refractivity contribution in [3.63, 3.8) is 0 Å². The van der Waals surface area contributed by atoms with E-state index in [0.717, 1.165) is 5.56 Å². The highest BCUT2D eigenvalue weighted by atomic mass is 31.1. The van der Waals surface area contributed by atoms with Crippen LogP contribution >= 0.6 is 8.46 Å². The Bertz CT molecular complexity index is 215. The van der Waals surface area contributed by atoms with Crippen LogP contribution in [-0.2, 0) is 10.7 Å². The van der Waals surface area contributed by atoms with Crippen LogP contribution in [-0.4, -0.2) is 0 Å². The van der Waals surface area contributed by atoms with Crippen LogP contribution in [0.4, 0.5) is 0 Å². The smallest absolute Gasteiger partial charge is 0.160 e. The Labute approximate surface area is 62.3 Å². The summed E-state index contributed by atoms with van der Waals surface area (Å²) in [6, 6.07) is 8.06. The summed E-state index contributed by atoms with van der Waals surface area (Å²) in [5.74, 6) is 0. The van der Waals surface area contributed by atoms with Gasteiger partial charge in [0.25, 0.3) is 0 Å². The highest BCUT2D eigenvalue weighted by Gasteiger charge is 1.89. The molecular formula is C8H9OP. The van der Waals surface area contributed by atoms with Crippen molar-refractivity contribution in [2.24, 2.45) is 0 Å². The summed E-state index contributed by atoms with van der Waals surface area (Å²) >= 11 is 0. The monoisotopic (exact) mass is 152 g/mol. The molecule has 1 aromatic carbocycles. The van der Waals surface area contributed by atoms with Crippen molar-refractivity contribution in [2.75, 3.05) is 0 Å². The van der Waals surface area contributed by atoms with Crippen molar-refractivity contribution < 1.29 is 4.57 Å². The number of hydrogen-bond acceptors (Lipinski definition) is 1.